The Hall–Kier alpha value is -2.57. The third-order valence-corrected chi connectivity index (χ3v) is 2.51. The van der Waals surface area contributed by atoms with Crippen molar-refractivity contribution in [2.75, 3.05) is 13.7 Å². The lowest BCUT2D eigenvalue weighted by Gasteiger charge is -2.10. The number of benzene rings is 1. The second-order valence-electron chi connectivity index (χ2n) is 4.38. The maximum atomic E-state index is 11.7. The van der Waals surface area contributed by atoms with E-state index in [2.05, 4.69) is 10.9 Å². The maximum absolute atomic E-state index is 11.7. The molecule has 2 N–H and O–H groups in total. The molecule has 0 saturated carbocycles. The highest BCUT2D eigenvalue weighted by atomic mass is 16.5. The molecule has 0 aromatic heterocycles. The van der Waals surface area contributed by atoms with Gasteiger partial charge in [0.2, 0.25) is 5.91 Å². The molecule has 1 aromatic rings. The van der Waals surface area contributed by atoms with E-state index < -0.39 is 24.4 Å². The first-order chi connectivity index (χ1) is 9.92. The third kappa shape index (κ3) is 5.94. The van der Waals surface area contributed by atoms with Crippen molar-refractivity contribution in [2.45, 2.75) is 20.3 Å². The molecular weight excluding hydrogens is 276 g/mol. The zero-order valence-corrected chi connectivity index (χ0v) is 12.2. The summed E-state index contributed by atoms with van der Waals surface area (Å²) in [5.74, 6) is -1.01. The lowest BCUT2D eigenvalue weighted by atomic mass is 10.1. The van der Waals surface area contributed by atoms with Crippen LogP contribution in [-0.4, -0.2) is 31.5 Å². The van der Waals surface area contributed by atoms with Crippen LogP contribution in [0.15, 0.2) is 18.2 Å². The van der Waals surface area contributed by atoms with Crippen LogP contribution in [0.1, 0.15) is 18.1 Å². The number of rotatable bonds is 5. The van der Waals surface area contributed by atoms with Gasteiger partial charge < -0.3 is 9.47 Å². The first-order valence-electron chi connectivity index (χ1n) is 6.27. The van der Waals surface area contributed by atoms with E-state index in [1.807, 2.05) is 19.1 Å². The Bertz CT molecular complexity index is 542. The van der Waals surface area contributed by atoms with Crippen LogP contribution in [0.4, 0.5) is 0 Å². The maximum Gasteiger partial charge on any atom is 0.310 e. The quantitative estimate of drug-likeness (QED) is 0.600. The molecule has 21 heavy (non-hydrogen) atoms. The average Bonchev–Trinajstić information content (AvgIpc) is 2.43. The molecule has 0 unspecified atom stereocenters. The minimum atomic E-state index is -0.616. The summed E-state index contributed by atoms with van der Waals surface area (Å²) in [6.45, 7) is 2.68. The third-order valence-electron chi connectivity index (χ3n) is 2.51. The molecule has 0 aliphatic heterocycles. The molecule has 7 heteroatoms. The molecule has 0 aliphatic rings. The van der Waals surface area contributed by atoms with E-state index in [0.29, 0.717) is 11.3 Å². The van der Waals surface area contributed by atoms with Crippen LogP contribution in [0.5, 0.6) is 5.75 Å². The first kappa shape index (κ1) is 16.5. The molecule has 2 amide bonds. The predicted molar refractivity (Wildman–Crippen MR) is 74.4 cm³/mol. The number of hydrogen-bond donors (Lipinski definition) is 2. The Morgan fingerprint density at radius 2 is 1.90 bits per heavy atom. The molecule has 0 bridgehead atoms. The van der Waals surface area contributed by atoms with Crippen molar-refractivity contribution in [1.29, 1.82) is 0 Å². The van der Waals surface area contributed by atoms with Crippen molar-refractivity contribution < 1.29 is 23.9 Å². The predicted octanol–water partition coefficient (Wildman–Crippen LogP) is 0.257. The summed E-state index contributed by atoms with van der Waals surface area (Å²) in [4.78, 5) is 33.5. The van der Waals surface area contributed by atoms with E-state index >= 15 is 0 Å². The standard InChI is InChI=1S/C14H18N2O5/c1-9-4-5-12(20-3)11(6-9)7-14(19)21-8-13(18)16-15-10(2)17/h4-6H,7-8H2,1-3H3,(H,15,17)(H,16,18). The van der Waals surface area contributed by atoms with E-state index in [0.717, 1.165) is 5.56 Å². The minimum absolute atomic E-state index is 0.00172. The Morgan fingerprint density at radius 3 is 2.52 bits per heavy atom. The largest absolute Gasteiger partial charge is 0.496 e. The molecule has 0 saturated heterocycles. The summed E-state index contributed by atoms with van der Waals surface area (Å²) >= 11 is 0. The molecule has 0 radical (unpaired) electrons. The van der Waals surface area contributed by atoms with Crippen LogP contribution in [0.2, 0.25) is 0 Å². The van der Waals surface area contributed by atoms with Gasteiger partial charge in [-0.25, -0.2) is 0 Å². The Morgan fingerprint density at radius 1 is 1.19 bits per heavy atom. The van der Waals surface area contributed by atoms with Crippen molar-refractivity contribution in [1.82, 2.24) is 10.9 Å². The number of hydrazine groups is 1. The van der Waals surface area contributed by atoms with E-state index in [4.69, 9.17) is 9.47 Å². The first-order valence-corrected chi connectivity index (χ1v) is 6.27. The smallest absolute Gasteiger partial charge is 0.310 e. The van der Waals surface area contributed by atoms with Crippen LogP contribution in [0.3, 0.4) is 0 Å². The molecule has 0 spiro atoms. The normalized spacial score (nSPS) is 9.67. The number of hydrogen-bond acceptors (Lipinski definition) is 5. The number of esters is 1. The second kappa shape index (κ2) is 7.88. The van der Waals surface area contributed by atoms with Gasteiger partial charge in [-0.3, -0.25) is 25.2 Å². The van der Waals surface area contributed by atoms with Gasteiger partial charge in [0.1, 0.15) is 5.75 Å². The number of methoxy groups -OCH3 is 1. The number of carbonyl (C=O) groups excluding carboxylic acids is 3. The summed E-state index contributed by atoms with van der Waals surface area (Å²) in [6.07, 6.45) is -0.00172. The highest BCUT2D eigenvalue weighted by Gasteiger charge is 2.12. The zero-order valence-electron chi connectivity index (χ0n) is 12.2. The van der Waals surface area contributed by atoms with E-state index in [1.54, 1.807) is 6.07 Å². The van der Waals surface area contributed by atoms with Gasteiger partial charge in [0.05, 0.1) is 13.5 Å². The van der Waals surface area contributed by atoms with Crippen molar-refractivity contribution in [3.63, 3.8) is 0 Å². The fraction of sp³-hybridized carbons (Fsp3) is 0.357. The lowest BCUT2D eigenvalue weighted by Crippen LogP contribution is -2.42. The molecule has 7 nitrogen and oxygen atoms in total. The molecular formula is C14H18N2O5. The van der Waals surface area contributed by atoms with Crippen LogP contribution in [-0.2, 0) is 25.5 Å². The fourth-order valence-electron chi connectivity index (χ4n) is 1.59. The monoisotopic (exact) mass is 294 g/mol. The van der Waals surface area contributed by atoms with Gasteiger partial charge in [0.15, 0.2) is 6.61 Å². The minimum Gasteiger partial charge on any atom is -0.496 e. The van der Waals surface area contributed by atoms with Crippen molar-refractivity contribution >= 4 is 17.8 Å². The van der Waals surface area contributed by atoms with Crippen molar-refractivity contribution in [3.05, 3.63) is 29.3 Å². The van der Waals surface area contributed by atoms with Crippen LogP contribution in [0, 0.1) is 6.92 Å². The summed E-state index contributed by atoms with van der Waals surface area (Å²) in [5.41, 5.74) is 5.86. The summed E-state index contributed by atoms with van der Waals surface area (Å²) in [6, 6.07) is 5.45. The summed E-state index contributed by atoms with van der Waals surface area (Å²) in [7, 11) is 1.51. The van der Waals surface area contributed by atoms with Crippen LogP contribution in [0.25, 0.3) is 0 Å². The van der Waals surface area contributed by atoms with Gasteiger partial charge in [0, 0.05) is 12.5 Å². The summed E-state index contributed by atoms with van der Waals surface area (Å²) in [5, 5.41) is 0. The van der Waals surface area contributed by atoms with Crippen molar-refractivity contribution in [3.8, 4) is 5.75 Å². The number of amides is 2. The van der Waals surface area contributed by atoms with Crippen molar-refractivity contribution in [2.24, 2.45) is 0 Å². The number of carbonyl (C=O) groups is 3. The Labute approximate surface area is 122 Å². The summed E-state index contributed by atoms with van der Waals surface area (Å²) < 4.78 is 9.98. The lowest BCUT2D eigenvalue weighted by molar-refractivity contribution is -0.148. The number of aryl methyl sites for hydroxylation is 1. The average molecular weight is 294 g/mol. The Balaban J connectivity index is 2.49. The molecule has 114 valence electrons. The SMILES string of the molecule is COc1ccc(C)cc1CC(=O)OCC(=O)NNC(C)=O. The molecule has 0 fully saturated rings. The van der Waals surface area contributed by atoms with Gasteiger partial charge in [-0.05, 0) is 13.0 Å². The van der Waals surface area contributed by atoms with Crippen LogP contribution >= 0.6 is 0 Å². The molecule has 0 heterocycles. The molecule has 1 rings (SSSR count). The van der Waals surface area contributed by atoms with E-state index in [9.17, 15) is 14.4 Å². The van der Waals surface area contributed by atoms with E-state index in [-0.39, 0.29) is 6.42 Å². The number of nitrogens with one attached hydrogen (secondary N) is 2. The highest BCUT2D eigenvalue weighted by molar-refractivity contribution is 5.83. The topological polar surface area (TPSA) is 93.7 Å². The second-order valence-corrected chi connectivity index (χ2v) is 4.38. The highest BCUT2D eigenvalue weighted by Crippen LogP contribution is 2.20. The van der Waals surface area contributed by atoms with Gasteiger partial charge in [0.25, 0.3) is 5.91 Å². The number of ether oxygens (including phenoxy) is 2. The van der Waals surface area contributed by atoms with Gasteiger partial charge >= 0.3 is 5.97 Å². The molecule has 0 atom stereocenters. The molecule has 1 aromatic carbocycles. The fourth-order valence-corrected chi connectivity index (χ4v) is 1.59. The van der Waals surface area contributed by atoms with Crippen LogP contribution < -0.4 is 15.6 Å². The Kier molecular flexibility index (Phi) is 6.19. The van der Waals surface area contributed by atoms with Gasteiger partial charge in [-0.15, -0.1) is 0 Å². The zero-order chi connectivity index (χ0) is 15.8. The van der Waals surface area contributed by atoms with Gasteiger partial charge in [-0.1, -0.05) is 17.7 Å². The van der Waals surface area contributed by atoms with Gasteiger partial charge in [-0.2, -0.15) is 0 Å². The molecule has 0 aliphatic carbocycles. The van der Waals surface area contributed by atoms with E-state index in [1.165, 1.54) is 14.0 Å².